The summed E-state index contributed by atoms with van der Waals surface area (Å²) in [6.07, 6.45) is 0.449. The molecule has 0 bridgehead atoms. The second-order valence-electron chi connectivity index (χ2n) is 11.9. The smallest absolute Gasteiger partial charge is 0.323 e. The van der Waals surface area contributed by atoms with E-state index in [0.29, 0.717) is 6.42 Å². The summed E-state index contributed by atoms with van der Waals surface area (Å²) in [5.41, 5.74) is 21.5. The number of carboxylic acid groups (broad SMARTS) is 1. The standard InChI is InChI=1S/C29H50N12O10/c1-13-22(44)39-18(9-10-19(30)43)26(48)37-14(2)23(45)41-21(20(31)28(50)51)27(49)40-17(25(47)36-13)7-4-5-11-34-24(46)16(38-15(3)42)8-6-12-35-29(32)33/h13-14,16-18,20-21H,4-12,31H2,1-3H3,(H2,30,43)(H,34,46)(H,36,47)(H,37,48)(H,38,42)(H,39,44)(H,40,49)(H,41,45)(H,50,51)(H4,32,33,35)/t13-,14-,16-,17-,18-,20?,21-/m0/s1. The molecule has 51 heavy (non-hydrogen) atoms. The van der Waals surface area contributed by atoms with Crippen LogP contribution < -0.4 is 60.2 Å². The van der Waals surface area contributed by atoms with Crippen molar-refractivity contribution >= 4 is 59.2 Å². The van der Waals surface area contributed by atoms with Gasteiger partial charge in [0.05, 0.1) is 0 Å². The Kier molecular flexibility index (Phi) is 18.4. The Morgan fingerprint density at radius 1 is 0.784 bits per heavy atom. The molecule has 1 unspecified atom stereocenters. The van der Waals surface area contributed by atoms with Gasteiger partial charge in [-0.15, -0.1) is 0 Å². The van der Waals surface area contributed by atoms with E-state index in [0.717, 1.165) is 0 Å². The fourth-order valence-corrected chi connectivity index (χ4v) is 4.71. The fraction of sp³-hybridized carbons (Fsp3) is 0.655. The molecular formula is C29H50N12O10. The molecule has 286 valence electrons. The molecule has 0 aromatic heterocycles. The van der Waals surface area contributed by atoms with E-state index in [9.17, 15) is 48.3 Å². The second kappa shape index (κ2) is 21.5. The first-order valence-corrected chi connectivity index (χ1v) is 16.2. The third kappa shape index (κ3) is 16.1. The van der Waals surface area contributed by atoms with E-state index in [1.54, 1.807) is 0 Å². The molecule has 16 N–H and O–H groups in total. The number of hydrogen-bond donors (Lipinski definition) is 12. The number of primary amides is 1. The van der Waals surface area contributed by atoms with Gasteiger partial charge in [-0.1, -0.05) is 0 Å². The monoisotopic (exact) mass is 726 g/mol. The lowest BCUT2D eigenvalue weighted by Gasteiger charge is -2.26. The highest BCUT2D eigenvalue weighted by Crippen LogP contribution is 2.07. The number of nitrogens with zero attached hydrogens (tertiary/aromatic N) is 1. The number of aliphatic carboxylic acids is 1. The first kappa shape index (κ1) is 43.5. The Balaban J connectivity index is 3.18. The van der Waals surface area contributed by atoms with Crippen molar-refractivity contribution in [2.45, 2.75) is 108 Å². The predicted molar refractivity (Wildman–Crippen MR) is 179 cm³/mol. The Labute approximate surface area is 293 Å². The second-order valence-corrected chi connectivity index (χ2v) is 11.9. The molecule has 0 aliphatic carbocycles. The van der Waals surface area contributed by atoms with Gasteiger partial charge in [0, 0.05) is 26.4 Å². The van der Waals surface area contributed by atoms with Crippen LogP contribution in [0.25, 0.3) is 0 Å². The van der Waals surface area contributed by atoms with Crippen molar-refractivity contribution in [1.82, 2.24) is 37.2 Å². The molecule has 0 spiro atoms. The number of nitrogens with one attached hydrogen (secondary N) is 7. The van der Waals surface area contributed by atoms with Gasteiger partial charge in [0.15, 0.2) is 5.96 Å². The van der Waals surface area contributed by atoms with E-state index in [2.05, 4.69) is 42.2 Å². The van der Waals surface area contributed by atoms with Gasteiger partial charge in [0.1, 0.15) is 42.3 Å². The van der Waals surface area contributed by atoms with Gasteiger partial charge >= 0.3 is 5.97 Å². The molecule has 0 aromatic carbocycles. The number of rotatable bonds is 16. The molecule has 8 amide bonds. The van der Waals surface area contributed by atoms with Gasteiger partial charge < -0.3 is 65.3 Å². The summed E-state index contributed by atoms with van der Waals surface area (Å²) in [5, 5.41) is 26.5. The van der Waals surface area contributed by atoms with E-state index in [-0.39, 0.29) is 57.6 Å². The van der Waals surface area contributed by atoms with E-state index in [1.165, 1.54) is 20.8 Å². The summed E-state index contributed by atoms with van der Waals surface area (Å²) < 4.78 is 0. The summed E-state index contributed by atoms with van der Waals surface area (Å²) in [5.74, 6) is -8.24. The highest BCUT2D eigenvalue weighted by Gasteiger charge is 2.37. The van der Waals surface area contributed by atoms with Crippen molar-refractivity contribution in [3.63, 3.8) is 0 Å². The first-order chi connectivity index (χ1) is 23.8. The number of hydrogen-bond acceptors (Lipinski definition) is 11. The topological polar surface area (TPSA) is 375 Å². The Morgan fingerprint density at radius 3 is 1.86 bits per heavy atom. The summed E-state index contributed by atoms with van der Waals surface area (Å²) in [6.45, 7) is 4.11. The van der Waals surface area contributed by atoms with Crippen LogP contribution in [0.5, 0.6) is 0 Å². The lowest BCUT2D eigenvalue weighted by molar-refractivity contribution is -0.143. The summed E-state index contributed by atoms with van der Waals surface area (Å²) in [7, 11) is 0. The van der Waals surface area contributed by atoms with Gasteiger partial charge in [0.25, 0.3) is 0 Å². The van der Waals surface area contributed by atoms with Crippen LogP contribution in [-0.2, 0) is 43.2 Å². The minimum absolute atomic E-state index is 0.0872. The van der Waals surface area contributed by atoms with Crippen LogP contribution in [0.4, 0.5) is 0 Å². The number of guanidine groups is 1. The molecule has 1 saturated heterocycles. The number of nitrogens with two attached hydrogens (primary N) is 4. The van der Waals surface area contributed by atoms with Crippen LogP contribution in [0.15, 0.2) is 4.99 Å². The number of unbranched alkanes of at least 4 members (excludes halogenated alkanes) is 1. The van der Waals surface area contributed by atoms with Crippen molar-refractivity contribution in [3.8, 4) is 0 Å². The van der Waals surface area contributed by atoms with Gasteiger partial charge in [-0.2, -0.15) is 0 Å². The molecule has 0 saturated carbocycles. The fourth-order valence-electron chi connectivity index (χ4n) is 4.71. The van der Waals surface area contributed by atoms with E-state index in [1.807, 2.05) is 0 Å². The minimum atomic E-state index is -1.98. The van der Waals surface area contributed by atoms with Crippen LogP contribution >= 0.6 is 0 Å². The molecule has 1 fully saturated rings. The molecule has 1 rings (SSSR count). The van der Waals surface area contributed by atoms with Crippen LogP contribution in [0.3, 0.4) is 0 Å². The van der Waals surface area contributed by atoms with Gasteiger partial charge in [-0.3, -0.25) is 48.1 Å². The number of carbonyl (C=O) groups is 9. The zero-order valence-electron chi connectivity index (χ0n) is 28.8. The molecule has 1 aliphatic rings. The molecule has 22 heteroatoms. The zero-order valence-corrected chi connectivity index (χ0v) is 28.8. The molecule has 7 atom stereocenters. The molecule has 0 aromatic rings. The third-order valence-electron chi connectivity index (χ3n) is 7.53. The van der Waals surface area contributed by atoms with Crippen LogP contribution in [0.1, 0.15) is 65.7 Å². The van der Waals surface area contributed by atoms with Gasteiger partial charge in [0.2, 0.25) is 47.3 Å². The van der Waals surface area contributed by atoms with Gasteiger partial charge in [-0.05, 0) is 52.4 Å². The average Bonchev–Trinajstić information content (AvgIpc) is 3.04. The van der Waals surface area contributed by atoms with Crippen molar-refractivity contribution in [2.24, 2.45) is 27.9 Å². The number of carboxylic acids is 1. The van der Waals surface area contributed by atoms with E-state index in [4.69, 9.17) is 22.9 Å². The summed E-state index contributed by atoms with van der Waals surface area (Å²) >= 11 is 0. The maximum absolute atomic E-state index is 13.4. The first-order valence-electron chi connectivity index (χ1n) is 16.2. The maximum Gasteiger partial charge on any atom is 0.323 e. The summed E-state index contributed by atoms with van der Waals surface area (Å²) in [4.78, 5) is 117. The maximum atomic E-state index is 13.4. The predicted octanol–water partition coefficient (Wildman–Crippen LogP) is -6.01. The van der Waals surface area contributed by atoms with Crippen LogP contribution in [0.2, 0.25) is 0 Å². The van der Waals surface area contributed by atoms with Crippen molar-refractivity contribution in [1.29, 1.82) is 0 Å². The van der Waals surface area contributed by atoms with Crippen molar-refractivity contribution < 1.29 is 48.3 Å². The Morgan fingerprint density at radius 2 is 1.33 bits per heavy atom. The molecule has 0 radical (unpaired) electrons. The van der Waals surface area contributed by atoms with Crippen LogP contribution in [0, 0.1) is 0 Å². The van der Waals surface area contributed by atoms with E-state index >= 15 is 0 Å². The summed E-state index contributed by atoms with van der Waals surface area (Å²) in [6, 6.07) is -10.2. The Bertz CT molecular complexity index is 1340. The highest BCUT2D eigenvalue weighted by atomic mass is 16.4. The quantitative estimate of drug-likeness (QED) is 0.0401. The number of aliphatic imine (C=N–C) groups is 1. The largest absolute Gasteiger partial charge is 0.480 e. The molecular weight excluding hydrogens is 676 g/mol. The lowest BCUT2D eigenvalue weighted by Crippen LogP contribution is -2.63. The van der Waals surface area contributed by atoms with Crippen molar-refractivity contribution in [3.05, 3.63) is 0 Å². The Hall–Kier alpha value is -5.54. The zero-order chi connectivity index (χ0) is 38.8. The van der Waals surface area contributed by atoms with Crippen LogP contribution in [-0.4, -0.2) is 120 Å². The van der Waals surface area contributed by atoms with Gasteiger partial charge in [-0.25, -0.2) is 0 Å². The number of amides is 8. The SMILES string of the molecule is CC(=O)N[C@@H](CCCN=C(N)N)C(=O)NCCCC[C@@H]1NC(=O)[C@H](C(N)C(=O)O)NC(=O)[C@H](C)NC(=O)[C@H](CCC(N)=O)NC(=O)[C@H](C)NC1=O. The van der Waals surface area contributed by atoms with Crippen molar-refractivity contribution in [2.75, 3.05) is 13.1 Å². The third-order valence-corrected chi connectivity index (χ3v) is 7.53. The molecule has 1 heterocycles. The number of carbonyl (C=O) groups excluding carboxylic acids is 8. The lowest BCUT2D eigenvalue weighted by atomic mass is 10.0. The molecule has 22 nitrogen and oxygen atoms in total. The molecule has 1 aliphatic heterocycles. The van der Waals surface area contributed by atoms with E-state index < -0.39 is 95.5 Å². The normalized spacial score (nSPS) is 22.9. The minimum Gasteiger partial charge on any atom is -0.480 e. The highest BCUT2D eigenvalue weighted by molar-refractivity contribution is 5.99. The average molecular weight is 727 g/mol.